The predicted octanol–water partition coefficient (Wildman–Crippen LogP) is 2.70. The fourth-order valence-corrected chi connectivity index (χ4v) is 3.12. The summed E-state index contributed by atoms with van der Waals surface area (Å²) in [5.74, 6) is -0.929. The number of nitro groups is 2. The van der Waals surface area contributed by atoms with Crippen molar-refractivity contribution in [2.45, 2.75) is 12.2 Å². The minimum absolute atomic E-state index is 0.0244. The van der Waals surface area contributed by atoms with Crippen LogP contribution in [0.4, 0.5) is 11.4 Å². The molecule has 0 aliphatic carbocycles. The van der Waals surface area contributed by atoms with E-state index in [-0.39, 0.29) is 35.7 Å². The van der Waals surface area contributed by atoms with Gasteiger partial charge in [-0.3, -0.25) is 20.2 Å². The van der Waals surface area contributed by atoms with E-state index in [0.717, 1.165) is 12.1 Å². The molecule has 14 nitrogen and oxygen atoms in total. The van der Waals surface area contributed by atoms with Crippen LogP contribution in [0.3, 0.4) is 0 Å². The third-order valence-corrected chi connectivity index (χ3v) is 5.11. The summed E-state index contributed by atoms with van der Waals surface area (Å²) in [6.07, 6.45) is -2.34. The summed E-state index contributed by atoms with van der Waals surface area (Å²) in [5.41, 5.74) is -0.573. The number of aliphatic hydroxyl groups excluding tert-OH is 2. The predicted molar refractivity (Wildman–Crippen MR) is 136 cm³/mol. The molecule has 0 amide bonds. The van der Waals surface area contributed by atoms with E-state index in [9.17, 15) is 40.0 Å². The fourth-order valence-electron chi connectivity index (χ4n) is 3.12. The Morgan fingerprint density at radius 2 is 1.02 bits per heavy atom. The van der Waals surface area contributed by atoms with Gasteiger partial charge in [-0.15, -0.1) is 0 Å². The second-order valence-electron chi connectivity index (χ2n) is 8.21. The molecule has 0 heterocycles. The second kappa shape index (κ2) is 14.2. The van der Waals surface area contributed by atoms with E-state index in [0.29, 0.717) is 11.5 Å². The zero-order valence-corrected chi connectivity index (χ0v) is 20.8. The van der Waals surface area contributed by atoms with E-state index in [4.69, 9.17) is 18.9 Å². The molecule has 0 aromatic heterocycles. The number of benzene rings is 3. The Morgan fingerprint density at radius 3 is 1.38 bits per heavy atom. The molecule has 0 spiro atoms. The highest BCUT2D eigenvalue weighted by Crippen LogP contribution is 2.19. The highest BCUT2D eigenvalue weighted by molar-refractivity contribution is 5.90. The monoisotopic (exact) mass is 556 g/mol. The van der Waals surface area contributed by atoms with Crippen LogP contribution in [0.25, 0.3) is 0 Å². The second-order valence-corrected chi connectivity index (χ2v) is 8.21. The van der Waals surface area contributed by atoms with Crippen molar-refractivity contribution in [2.24, 2.45) is 0 Å². The number of ether oxygens (including phenoxy) is 4. The van der Waals surface area contributed by atoms with Gasteiger partial charge in [0.1, 0.15) is 50.1 Å². The summed E-state index contributed by atoms with van der Waals surface area (Å²) in [6.45, 7) is -1.22. The summed E-state index contributed by atoms with van der Waals surface area (Å²) in [4.78, 5) is 44.4. The molecular weight excluding hydrogens is 532 g/mol. The lowest BCUT2D eigenvalue weighted by Crippen LogP contribution is -2.25. The SMILES string of the molecule is O=C(OC[C@@H](O)COc1ccc(OC[C@@H](O)COC(=O)c2cccc([N+](=O)[O-])c2)cc1)c1cccc([N+](=O)[O-])c1. The number of aliphatic hydroxyl groups is 2. The first kappa shape index (κ1) is 29.5. The molecule has 2 atom stereocenters. The van der Waals surface area contributed by atoms with E-state index in [1.54, 1.807) is 0 Å². The van der Waals surface area contributed by atoms with Crippen molar-refractivity contribution < 1.29 is 48.6 Å². The average molecular weight is 556 g/mol. The number of hydrogen-bond acceptors (Lipinski definition) is 12. The fraction of sp³-hybridized carbons (Fsp3) is 0.231. The van der Waals surface area contributed by atoms with Gasteiger partial charge in [0.2, 0.25) is 0 Å². The Bertz CT molecular complexity index is 1240. The van der Waals surface area contributed by atoms with Crippen LogP contribution in [0.5, 0.6) is 11.5 Å². The molecule has 0 unspecified atom stereocenters. The lowest BCUT2D eigenvalue weighted by atomic mass is 10.2. The highest BCUT2D eigenvalue weighted by Gasteiger charge is 2.16. The van der Waals surface area contributed by atoms with Gasteiger partial charge in [0.25, 0.3) is 11.4 Å². The molecule has 0 aliphatic heterocycles. The summed E-state index contributed by atoms with van der Waals surface area (Å²) in [6, 6.07) is 16.2. The van der Waals surface area contributed by atoms with Gasteiger partial charge in [-0.05, 0) is 36.4 Å². The van der Waals surface area contributed by atoms with E-state index in [1.165, 1.54) is 60.7 Å². The molecule has 3 aromatic rings. The Hall–Kier alpha value is -5.08. The lowest BCUT2D eigenvalue weighted by molar-refractivity contribution is -0.385. The van der Waals surface area contributed by atoms with Gasteiger partial charge in [0, 0.05) is 24.3 Å². The Balaban J connectivity index is 1.36. The van der Waals surface area contributed by atoms with E-state index in [1.807, 2.05) is 0 Å². The minimum Gasteiger partial charge on any atom is -0.491 e. The quantitative estimate of drug-likeness (QED) is 0.167. The van der Waals surface area contributed by atoms with Crippen molar-refractivity contribution in [3.8, 4) is 11.5 Å². The minimum atomic E-state index is -1.17. The molecule has 0 radical (unpaired) electrons. The highest BCUT2D eigenvalue weighted by atomic mass is 16.6. The maximum atomic E-state index is 12.0. The third-order valence-electron chi connectivity index (χ3n) is 5.11. The van der Waals surface area contributed by atoms with Crippen molar-refractivity contribution in [2.75, 3.05) is 26.4 Å². The zero-order valence-electron chi connectivity index (χ0n) is 20.8. The maximum Gasteiger partial charge on any atom is 0.338 e. The Morgan fingerprint density at radius 1 is 0.650 bits per heavy atom. The van der Waals surface area contributed by atoms with Gasteiger partial charge in [0.15, 0.2) is 0 Å². The molecular formula is C26H24N2O12. The molecule has 0 fully saturated rings. The van der Waals surface area contributed by atoms with E-state index < -0.39 is 47.2 Å². The molecule has 3 rings (SSSR count). The van der Waals surface area contributed by atoms with E-state index >= 15 is 0 Å². The standard InChI is InChI=1S/C26H24N2O12/c29-21(15-39-25(31)17-3-1-5-19(11-17)27(33)34)13-37-23-7-9-24(10-8-23)38-14-22(30)16-40-26(32)18-4-2-6-20(12-18)28(35)36/h1-12,21-22,29-30H,13-16H2/t21-,22+. The molecule has 0 saturated heterocycles. The van der Waals surface area contributed by atoms with Gasteiger partial charge < -0.3 is 29.2 Å². The molecule has 3 aromatic carbocycles. The normalized spacial score (nSPS) is 12.1. The zero-order chi connectivity index (χ0) is 29.1. The number of hydrogen-bond donors (Lipinski definition) is 2. The molecule has 14 heteroatoms. The van der Waals surface area contributed by atoms with Crippen molar-refractivity contribution >= 4 is 23.3 Å². The number of rotatable bonds is 14. The molecule has 0 bridgehead atoms. The first-order valence-electron chi connectivity index (χ1n) is 11.7. The maximum absolute atomic E-state index is 12.0. The van der Waals surface area contributed by atoms with Crippen molar-refractivity contribution in [1.29, 1.82) is 0 Å². The van der Waals surface area contributed by atoms with Gasteiger partial charge in [-0.2, -0.15) is 0 Å². The smallest absolute Gasteiger partial charge is 0.338 e. The van der Waals surface area contributed by atoms with Crippen LogP contribution in [0, 0.1) is 20.2 Å². The molecule has 210 valence electrons. The molecule has 2 N–H and O–H groups in total. The number of nitrogens with zero attached hydrogens (tertiary/aromatic N) is 2. The first-order chi connectivity index (χ1) is 19.1. The number of esters is 2. The van der Waals surface area contributed by atoms with Crippen LogP contribution >= 0.6 is 0 Å². The van der Waals surface area contributed by atoms with Crippen LogP contribution in [0.2, 0.25) is 0 Å². The Labute approximate surface area is 226 Å². The first-order valence-corrected chi connectivity index (χ1v) is 11.7. The van der Waals surface area contributed by atoms with Gasteiger partial charge in [-0.1, -0.05) is 12.1 Å². The number of carbonyl (C=O) groups excluding carboxylic acids is 2. The van der Waals surface area contributed by atoms with Crippen LogP contribution in [0.1, 0.15) is 20.7 Å². The lowest BCUT2D eigenvalue weighted by Gasteiger charge is -2.14. The van der Waals surface area contributed by atoms with Crippen LogP contribution in [0.15, 0.2) is 72.8 Å². The average Bonchev–Trinajstić information content (AvgIpc) is 2.97. The number of carbonyl (C=O) groups is 2. The molecule has 0 saturated carbocycles. The van der Waals surface area contributed by atoms with E-state index in [2.05, 4.69) is 0 Å². The van der Waals surface area contributed by atoms with Gasteiger partial charge in [0.05, 0.1) is 21.0 Å². The van der Waals surface area contributed by atoms with Gasteiger partial charge >= 0.3 is 11.9 Å². The largest absolute Gasteiger partial charge is 0.491 e. The summed E-state index contributed by atoms with van der Waals surface area (Å²) >= 11 is 0. The number of nitro benzene ring substituents is 2. The van der Waals surface area contributed by atoms with Crippen molar-refractivity contribution in [1.82, 2.24) is 0 Å². The summed E-state index contributed by atoms with van der Waals surface area (Å²) in [5, 5.41) is 41.7. The number of non-ortho nitro benzene ring substituents is 2. The molecule has 40 heavy (non-hydrogen) atoms. The summed E-state index contributed by atoms with van der Waals surface area (Å²) < 4.78 is 20.8. The van der Waals surface area contributed by atoms with Crippen molar-refractivity contribution in [3.05, 3.63) is 104 Å². The Kier molecular flexibility index (Phi) is 10.4. The third kappa shape index (κ3) is 9.04. The topological polar surface area (TPSA) is 198 Å². The van der Waals surface area contributed by atoms with Crippen LogP contribution < -0.4 is 9.47 Å². The van der Waals surface area contributed by atoms with Crippen LogP contribution in [-0.4, -0.2) is 70.6 Å². The summed E-state index contributed by atoms with van der Waals surface area (Å²) in [7, 11) is 0. The van der Waals surface area contributed by atoms with Gasteiger partial charge in [-0.25, -0.2) is 9.59 Å². The molecule has 0 aliphatic rings. The van der Waals surface area contributed by atoms with Crippen molar-refractivity contribution in [3.63, 3.8) is 0 Å². The van der Waals surface area contributed by atoms with Crippen LogP contribution in [-0.2, 0) is 9.47 Å².